The minimum absolute atomic E-state index is 0.163. The topological polar surface area (TPSA) is 106 Å². The minimum atomic E-state index is -0.458. The van der Waals surface area contributed by atoms with Gasteiger partial charge in [-0.3, -0.25) is 14.5 Å². The Kier molecular flexibility index (Phi) is 8.65. The van der Waals surface area contributed by atoms with Crippen molar-refractivity contribution in [3.63, 3.8) is 0 Å². The molecule has 1 fully saturated rings. The fourth-order valence-electron chi connectivity index (χ4n) is 5.78. The van der Waals surface area contributed by atoms with Gasteiger partial charge in [0, 0.05) is 51.1 Å². The van der Waals surface area contributed by atoms with Crippen molar-refractivity contribution in [3.8, 4) is 17.2 Å². The maximum atomic E-state index is 14.6. The molecule has 2 N–H and O–H groups in total. The number of ether oxygens (including phenoxy) is 3. The zero-order valence-electron chi connectivity index (χ0n) is 24.8. The Morgan fingerprint density at radius 3 is 2.80 bits per heavy atom. The van der Waals surface area contributed by atoms with Gasteiger partial charge < -0.3 is 29.2 Å². The molecule has 2 aromatic carbocycles. The van der Waals surface area contributed by atoms with Gasteiger partial charge in [-0.15, -0.1) is 0 Å². The van der Waals surface area contributed by atoms with Crippen LogP contribution in [0.5, 0.6) is 17.2 Å². The molecule has 44 heavy (non-hydrogen) atoms. The largest absolute Gasteiger partial charge is 0.493 e. The third-order valence-corrected chi connectivity index (χ3v) is 7.95. The van der Waals surface area contributed by atoms with Crippen LogP contribution < -0.4 is 24.8 Å². The van der Waals surface area contributed by atoms with Gasteiger partial charge in [-0.1, -0.05) is 12.1 Å². The molecule has 4 aromatic rings. The number of carbonyl (C=O) groups excluding carboxylic acids is 2. The van der Waals surface area contributed by atoms with Crippen molar-refractivity contribution < 1.29 is 28.2 Å². The number of carbonyl (C=O) groups is 2. The summed E-state index contributed by atoms with van der Waals surface area (Å²) in [5, 5.41) is 5.97. The van der Waals surface area contributed by atoms with E-state index in [4.69, 9.17) is 19.2 Å². The summed E-state index contributed by atoms with van der Waals surface area (Å²) in [6.07, 6.45) is 4.94. The van der Waals surface area contributed by atoms with Gasteiger partial charge in [-0.2, -0.15) is 0 Å². The molecule has 0 aliphatic carbocycles. The maximum Gasteiger partial charge on any atom is 0.258 e. The second kappa shape index (κ2) is 12.9. The Bertz CT molecular complexity index is 1670. The van der Waals surface area contributed by atoms with Crippen LogP contribution in [0.3, 0.4) is 0 Å². The number of halogens is 1. The SMILES string of the molecule is COc1ccc2cc1OCC(=O)N[C@@H]1CN(Cc3cn4cc(C)ccc4n3)CC[C@H]1Oc1cc(F)cc(c1)CNC(=O)CC2. The molecule has 11 heteroatoms. The van der Waals surface area contributed by atoms with E-state index in [0.717, 1.165) is 22.5 Å². The molecule has 2 aliphatic heterocycles. The highest BCUT2D eigenvalue weighted by atomic mass is 19.1. The highest BCUT2D eigenvalue weighted by molar-refractivity contribution is 5.78. The number of pyridine rings is 1. The van der Waals surface area contributed by atoms with Crippen LogP contribution in [0, 0.1) is 12.7 Å². The van der Waals surface area contributed by atoms with Gasteiger partial charge in [0.1, 0.15) is 23.3 Å². The van der Waals surface area contributed by atoms with Crippen LogP contribution in [-0.4, -0.2) is 65.1 Å². The predicted octanol–water partition coefficient (Wildman–Crippen LogP) is 3.57. The standard InChI is InChI=1S/C33H36FN5O5/c1-21-3-7-31-36-25(18-39(31)16-21)17-38-10-9-28-27(19-38)37-33(41)20-43-30-13-22(4-6-29(30)42-2)5-8-32(40)35-15-23-11-24(34)14-26(12-23)44-28/h3-4,6-7,11-14,16,18,27-28H,5,8-10,15,17,19-20H2,1-2H3,(H,35,40)(H,37,41)/t27-,28-/m1/s1. The van der Waals surface area contributed by atoms with E-state index < -0.39 is 18.0 Å². The van der Waals surface area contributed by atoms with Crippen molar-refractivity contribution in [3.05, 3.63) is 89.1 Å². The molecule has 4 bridgehead atoms. The molecule has 0 spiro atoms. The zero-order chi connectivity index (χ0) is 30.6. The summed E-state index contributed by atoms with van der Waals surface area (Å²) in [4.78, 5) is 32.8. The van der Waals surface area contributed by atoms with Gasteiger partial charge in [0.05, 0.1) is 18.8 Å². The highest BCUT2D eigenvalue weighted by Crippen LogP contribution is 2.29. The number of aryl methyl sites for hydroxylation is 2. The molecule has 2 atom stereocenters. The Morgan fingerprint density at radius 1 is 1.05 bits per heavy atom. The molecule has 4 heterocycles. The second-order valence-electron chi connectivity index (χ2n) is 11.4. The van der Waals surface area contributed by atoms with Gasteiger partial charge in [0.2, 0.25) is 5.91 Å². The number of hydrogen-bond acceptors (Lipinski definition) is 7. The number of nitrogens with zero attached hydrogens (tertiary/aromatic N) is 3. The average Bonchev–Trinajstić information content (AvgIpc) is 3.39. The van der Waals surface area contributed by atoms with Crippen molar-refractivity contribution in [1.82, 2.24) is 24.9 Å². The summed E-state index contributed by atoms with van der Waals surface area (Å²) in [6, 6.07) is 13.5. The lowest BCUT2D eigenvalue weighted by atomic mass is 10.0. The molecule has 6 rings (SSSR count). The van der Waals surface area contributed by atoms with E-state index in [9.17, 15) is 14.0 Å². The summed E-state index contributed by atoms with van der Waals surface area (Å²) in [5.74, 6) is 0.325. The van der Waals surface area contributed by atoms with E-state index in [1.165, 1.54) is 19.2 Å². The predicted molar refractivity (Wildman–Crippen MR) is 161 cm³/mol. The van der Waals surface area contributed by atoms with Crippen molar-refractivity contribution >= 4 is 17.5 Å². The van der Waals surface area contributed by atoms with Crippen LogP contribution in [0.4, 0.5) is 4.39 Å². The van der Waals surface area contributed by atoms with Gasteiger partial charge in [-0.25, -0.2) is 9.37 Å². The highest BCUT2D eigenvalue weighted by Gasteiger charge is 2.33. The fraction of sp³-hybridized carbons (Fsp3) is 0.364. The monoisotopic (exact) mass is 601 g/mol. The molecule has 2 aromatic heterocycles. The van der Waals surface area contributed by atoms with Crippen LogP contribution in [-0.2, 0) is 29.1 Å². The van der Waals surface area contributed by atoms with E-state index in [-0.39, 0.29) is 31.4 Å². The first-order valence-corrected chi connectivity index (χ1v) is 14.8. The van der Waals surface area contributed by atoms with E-state index in [1.54, 1.807) is 18.2 Å². The van der Waals surface area contributed by atoms with Crippen LogP contribution in [0.25, 0.3) is 5.65 Å². The van der Waals surface area contributed by atoms with Crippen molar-refractivity contribution in [2.24, 2.45) is 0 Å². The van der Waals surface area contributed by atoms with E-state index in [1.807, 2.05) is 41.9 Å². The molecule has 0 saturated carbocycles. The molecule has 0 unspecified atom stereocenters. The fourth-order valence-corrected chi connectivity index (χ4v) is 5.78. The zero-order valence-corrected chi connectivity index (χ0v) is 24.8. The van der Waals surface area contributed by atoms with Crippen LogP contribution >= 0.6 is 0 Å². The number of piperidine rings is 1. The summed E-state index contributed by atoms with van der Waals surface area (Å²) in [5.41, 5.74) is 4.41. The van der Waals surface area contributed by atoms with Crippen LogP contribution in [0.1, 0.15) is 35.2 Å². The van der Waals surface area contributed by atoms with Crippen LogP contribution in [0.15, 0.2) is 60.9 Å². The van der Waals surface area contributed by atoms with E-state index >= 15 is 0 Å². The molecule has 2 aliphatic rings. The number of imidazole rings is 1. The normalized spacial score (nSPS) is 19.9. The Labute approximate surface area is 255 Å². The lowest BCUT2D eigenvalue weighted by Gasteiger charge is -2.38. The Balaban J connectivity index is 1.24. The van der Waals surface area contributed by atoms with Crippen LogP contribution in [0.2, 0.25) is 0 Å². The van der Waals surface area contributed by atoms with Gasteiger partial charge in [-0.05, 0) is 66.8 Å². The summed E-state index contributed by atoms with van der Waals surface area (Å²) < 4.78 is 34.3. The number of likely N-dealkylation sites (tertiary alicyclic amines) is 1. The lowest BCUT2D eigenvalue weighted by Crippen LogP contribution is -2.57. The van der Waals surface area contributed by atoms with Gasteiger partial charge in [0.15, 0.2) is 18.1 Å². The number of methoxy groups -OCH3 is 1. The summed E-state index contributed by atoms with van der Waals surface area (Å²) in [6.45, 7) is 3.77. The Morgan fingerprint density at radius 2 is 1.93 bits per heavy atom. The molecular weight excluding hydrogens is 565 g/mol. The third kappa shape index (κ3) is 7.11. The molecule has 2 amide bonds. The van der Waals surface area contributed by atoms with E-state index in [0.29, 0.717) is 55.3 Å². The quantitative estimate of drug-likeness (QED) is 0.370. The Hall–Kier alpha value is -4.64. The van der Waals surface area contributed by atoms with Crippen molar-refractivity contribution in [2.75, 3.05) is 26.8 Å². The number of rotatable bonds is 3. The van der Waals surface area contributed by atoms with Gasteiger partial charge >= 0.3 is 0 Å². The average molecular weight is 602 g/mol. The number of nitrogens with one attached hydrogen (secondary N) is 2. The molecule has 1 saturated heterocycles. The number of aromatic nitrogens is 2. The first-order chi connectivity index (χ1) is 21.3. The minimum Gasteiger partial charge on any atom is -0.493 e. The van der Waals surface area contributed by atoms with E-state index in [2.05, 4.69) is 15.5 Å². The molecule has 230 valence electrons. The molecular formula is C33H36FN5O5. The summed E-state index contributed by atoms with van der Waals surface area (Å²) in [7, 11) is 1.54. The molecule has 10 nitrogen and oxygen atoms in total. The number of hydrogen-bond donors (Lipinski definition) is 2. The number of amides is 2. The number of fused-ring (bicyclic) bond motifs is 6. The summed E-state index contributed by atoms with van der Waals surface area (Å²) >= 11 is 0. The van der Waals surface area contributed by atoms with Crippen molar-refractivity contribution in [2.45, 2.75) is 51.4 Å². The lowest BCUT2D eigenvalue weighted by molar-refractivity contribution is -0.125. The molecule has 0 radical (unpaired) electrons. The first kappa shape index (κ1) is 29.4. The second-order valence-corrected chi connectivity index (χ2v) is 11.4. The number of benzene rings is 2. The first-order valence-electron chi connectivity index (χ1n) is 14.8. The smallest absolute Gasteiger partial charge is 0.258 e. The third-order valence-electron chi connectivity index (χ3n) is 7.95. The maximum absolute atomic E-state index is 14.6. The van der Waals surface area contributed by atoms with Gasteiger partial charge in [0.25, 0.3) is 5.91 Å². The van der Waals surface area contributed by atoms with Crippen molar-refractivity contribution in [1.29, 1.82) is 0 Å².